The van der Waals surface area contributed by atoms with Gasteiger partial charge >= 0.3 is 0 Å². The van der Waals surface area contributed by atoms with Crippen LogP contribution < -0.4 is 5.32 Å². The molecular weight excluding hydrogens is 359 g/mol. The van der Waals surface area contributed by atoms with Crippen LogP contribution in [0.4, 0.5) is 4.39 Å². The maximum absolute atomic E-state index is 13.3. The number of carbonyl (C=O) groups is 1. The molecule has 1 N–H and O–H groups in total. The van der Waals surface area contributed by atoms with E-state index in [9.17, 15) is 9.18 Å². The number of hydrogen-bond donors (Lipinski definition) is 1. The number of aromatic nitrogens is 5. The average Bonchev–Trinajstić information content (AvgIpc) is 3.24. The van der Waals surface area contributed by atoms with Gasteiger partial charge in [0.15, 0.2) is 5.65 Å². The van der Waals surface area contributed by atoms with Crippen molar-refractivity contribution in [2.24, 2.45) is 7.05 Å². The molecule has 0 aliphatic carbocycles. The Kier molecular flexibility index (Phi) is 4.60. The van der Waals surface area contributed by atoms with Crippen molar-refractivity contribution in [1.82, 2.24) is 29.9 Å². The Balaban J connectivity index is 1.59. The van der Waals surface area contributed by atoms with E-state index in [2.05, 4.69) is 20.5 Å². The number of benzene rings is 1. The third-order valence-corrected chi connectivity index (χ3v) is 4.49. The third-order valence-electron chi connectivity index (χ3n) is 4.49. The number of pyridine rings is 1. The Morgan fingerprint density at radius 1 is 1.14 bits per heavy atom. The van der Waals surface area contributed by atoms with Crippen molar-refractivity contribution in [1.29, 1.82) is 0 Å². The highest BCUT2D eigenvalue weighted by Gasteiger charge is 2.16. The fraction of sp³-hybridized carbons (Fsp3) is 0.200. The molecule has 0 atom stereocenters. The van der Waals surface area contributed by atoms with Crippen LogP contribution in [0.3, 0.4) is 0 Å². The smallest absolute Gasteiger partial charge is 0.242 e. The van der Waals surface area contributed by atoms with Crippen LogP contribution in [0.2, 0.25) is 0 Å². The van der Waals surface area contributed by atoms with Gasteiger partial charge in [-0.25, -0.2) is 14.1 Å². The van der Waals surface area contributed by atoms with Gasteiger partial charge in [-0.3, -0.25) is 9.48 Å². The quantitative estimate of drug-likeness (QED) is 0.579. The molecule has 142 valence electrons. The fourth-order valence-electron chi connectivity index (χ4n) is 3.20. The maximum atomic E-state index is 13.3. The van der Waals surface area contributed by atoms with E-state index in [-0.39, 0.29) is 18.3 Å². The zero-order valence-electron chi connectivity index (χ0n) is 15.6. The number of rotatable bonds is 5. The molecule has 4 rings (SSSR count). The standard InChI is InChI=1S/C20H19FN6O/c1-13-19-17(14-3-5-15(21)6-4-14)7-9-22-20(19)27(24-13)12-18(28)23-11-16-8-10-26(2)25-16/h3-10H,11-12H2,1-2H3,(H,23,28). The fourth-order valence-corrected chi connectivity index (χ4v) is 3.20. The minimum atomic E-state index is -0.286. The van der Waals surface area contributed by atoms with Gasteiger partial charge in [0.05, 0.1) is 17.9 Å². The van der Waals surface area contributed by atoms with Gasteiger partial charge in [-0.2, -0.15) is 10.2 Å². The summed E-state index contributed by atoms with van der Waals surface area (Å²) < 4.78 is 16.5. The van der Waals surface area contributed by atoms with Crippen LogP contribution in [0.5, 0.6) is 0 Å². The van der Waals surface area contributed by atoms with Crippen molar-refractivity contribution in [3.8, 4) is 11.1 Å². The summed E-state index contributed by atoms with van der Waals surface area (Å²) in [6.07, 6.45) is 3.50. The van der Waals surface area contributed by atoms with Crippen LogP contribution in [0, 0.1) is 12.7 Å². The molecule has 0 spiro atoms. The van der Waals surface area contributed by atoms with Crippen LogP contribution in [0.15, 0.2) is 48.8 Å². The second-order valence-electron chi connectivity index (χ2n) is 6.56. The number of nitrogens with one attached hydrogen (secondary N) is 1. The SMILES string of the molecule is Cc1nn(CC(=O)NCc2ccn(C)n2)c2nccc(-c3ccc(F)cc3)c12. The van der Waals surface area contributed by atoms with E-state index in [1.165, 1.54) is 12.1 Å². The van der Waals surface area contributed by atoms with Crippen molar-refractivity contribution in [2.75, 3.05) is 0 Å². The number of aryl methyl sites for hydroxylation is 2. The molecule has 4 aromatic rings. The summed E-state index contributed by atoms with van der Waals surface area (Å²) in [4.78, 5) is 16.8. The Morgan fingerprint density at radius 3 is 2.64 bits per heavy atom. The second kappa shape index (κ2) is 7.22. The summed E-state index contributed by atoms with van der Waals surface area (Å²) in [5.74, 6) is -0.463. The minimum Gasteiger partial charge on any atom is -0.349 e. The first-order valence-corrected chi connectivity index (χ1v) is 8.84. The van der Waals surface area contributed by atoms with E-state index in [0.717, 1.165) is 27.9 Å². The monoisotopic (exact) mass is 378 g/mol. The Labute approximate surface area is 160 Å². The topological polar surface area (TPSA) is 77.6 Å². The van der Waals surface area contributed by atoms with Gasteiger partial charge in [0.25, 0.3) is 0 Å². The summed E-state index contributed by atoms with van der Waals surface area (Å²) in [5.41, 5.74) is 3.94. The summed E-state index contributed by atoms with van der Waals surface area (Å²) in [5, 5.41) is 12.4. The van der Waals surface area contributed by atoms with Gasteiger partial charge < -0.3 is 5.32 Å². The molecule has 3 heterocycles. The van der Waals surface area contributed by atoms with E-state index >= 15 is 0 Å². The first-order valence-electron chi connectivity index (χ1n) is 8.84. The zero-order valence-corrected chi connectivity index (χ0v) is 15.6. The van der Waals surface area contributed by atoms with Crippen LogP contribution in [-0.2, 0) is 24.9 Å². The maximum Gasteiger partial charge on any atom is 0.242 e. The summed E-state index contributed by atoms with van der Waals surface area (Å²) in [6, 6.07) is 10.0. The van der Waals surface area contributed by atoms with Crippen LogP contribution in [-0.4, -0.2) is 30.5 Å². The number of halogens is 1. The van der Waals surface area contributed by atoms with Crippen molar-refractivity contribution in [2.45, 2.75) is 20.0 Å². The Bertz CT molecular complexity index is 1150. The largest absolute Gasteiger partial charge is 0.349 e. The van der Waals surface area contributed by atoms with Crippen LogP contribution in [0.1, 0.15) is 11.4 Å². The van der Waals surface area contributed by atoms with Gasteiger partial charge in [-0.1, -0.05) is 12.1 Å². The van der Waals surface area contributed by atoms with E-state index in [4.69, 9.17) is 0 Å². The highest BCUT2D eigenvalue weighted by molar-refractivity contribution is 5.95. The predicted octanol–water partition coefficient (Wildman–Crippen LogP) is 2.60. The molecule has 0 unspecified atom stereocenters. The molecule has 0 saturated heterocycles. The summed E-state index contributed by atoms with van der Waals surface area (Å²) >= 11 is 0. The lowest BCUT2D eigenvalue weighted by atomic mass is 10.0. The first-order chi connectivity index (χ1) is 13.5. The van der Waals surface area contributed by atoms with E-state index in [1.54, 1.807) is 27.7 Å². The van der Waals surface area contributed by atoms with Crippen molar-refractivity contribution in [3.63, 3.8) is 0 Å². The Morgan fingerprint density at radius 2 is 1.93 bits per heavy atom. The summed E-state index contributed by atoms with van der Waals surface area (Å²) in [6.45, 7) is 2.28. The molecule has 0 aliphatic rings. The third kappa shape index (κ3) is 3.48. The molecule has 28 heavy (non-hydrogen) atoms. The van der Waals surface area contributed by atoms with Crippen molar-refractivity contribution < 1.29 is 9.18 Å². The lowest BCUT2D eigenvalue weighted by Crippen LogP contribution is -2.27. The molecule has 0 radical (unpaired) electrons. The molecule has 3 aromatic heterocycles. The molecule has 7 nitrogen and oxygen atoms in total. The lowest BCUT2D eigenvalue weighted by Gasteiger charge is -2.06. The highest BCUT2D eigenvalue weighted by atomic mass is 19.1. The van der Waals surface area contributed by atoms with Gasteiger partial charge in [0.2, 0.25) is 5.91 Å². The van der Waals surface area contributed by atoms with Gasteiger partial charge in [0, 0.05) is 24.8 Å². The average molecular weight is 378 g/mol. The highest BCUT2D eigenvalue weighted by Crippen LogP contribution is 2.29. The number of hydrogen-bond acceptors (Lipinski definition) is 4. The molecule has 0 fully saturated rings. The Hall–Kier alpha value is -3.55. The molecule has 1 amide bonds. The lowest BCUT2D eigenvalue weighted by molar-refractivity contribution is -0.121. The molecule has 0 saturated carbocycles. The second-order valence-corrected chi connectivity index (χ2v) is 6.56. The zero-order chi connectivity index (χ0) is 19.7. The van der Waals surface area contributed by atoms with E-state index < -0.39 is 0 Å². The van der Waals surface area contributed by atoms with Gasteiger partial charge in [-0.05, 0) is 42.3 Å². The van der Waals surface area contributed by atoms with Gasteiger partial charge in [0.1, 0.15) is 12.4 Å². The normalized spacial score (nSPS) is 11.1. The van der Waals surface area contributed by atoms with Gasteiger partial charge in [-0.15, -0.1) is 0 Å². The van der Waals surface area contributed by atoms with Crippen LogP contribution in [0.25, 0.3) is 22.2 Å². The molecular formula is C20H19FN6O. The number of carbonyl (C=O) groups excluding carboxylic acids is 1. The van der Waals surface area contributed by atoms with E-state index in [0.29, 0.717) is 12.2 Å². The molecule has 8 heteroatoms. The van der Waals surface area contributed by atoms with Crippen LogP contribution >= 0.6 is 0 Å². The van der Waals surface area contributed by atoms with Crippen molar-refractivity contribution >= 4 is 16.9 Å². The summed E-state index contributed by atoms with van der Waals surface area (Å²) in [7, 11) is 1.83. The predicted molar refractivity (Wildman–Crippen MR) is 103 cm³/mol. The molecule has 0 bridgehead atoms. The number of nitrogens with zero attached hydrogens (tertiary/aromatic N) is 5. The molecule has 0 aliphatic heterocycles. The first kappa shape index (κ1) is 17.8. The van der Waals surface area contributed by atoms with E-state index in [1.807, 2.05) is 32.3 Å². The minimum absolute atomic E-state index is 0.0526. The number of amides is 1. The molecule has 1 aromatic carbocycles. The number of fused-ring (bicyclic) bond motifs is 1. The van der Waals surface area contributed by atoms with Crippen molar-refractivity contribution in [3.05, 3.63) is 66.0 Å².